The monoisotopic (exact) mass is 372 g/mol. The third-order valence-corrected chi connectivity index (χ3v) is 4.14. The van der Waals surface area contributed by atoms with Crippen LogP contribution in [0.2, 0.25) is 0 Å². The smallest absolute Gasteiger partial charge is 0.432 e. The first kappa shape index (κ1) is 18.3. The summed E-state index contributed by atoms with van der Waals surface area (Å²) in [6, 6.07) is 5.97. The second-order valence-corrected chi connectivity index (χ2v) is 6.36. The predicted molar refractivity (Wildman–Crippen MR) is 70.6 cm³/mol. The molecule has 5 nitrogen and oxygen atoms in total. The van der Waals surface area contributed by atoms with E-state index < -0.39 is 39.5 Å². The second kappa shape index (κ2) is 5.81. The number of hydrogen-bond acceptors (Lipinski definition) is 4. The van der Waals surface area contributed by atoms with Gasteiger partial charge in [-0.2, -0.15) is 30.4 Å². The molecule has 1 aliphatic carbocycles. The molecule has 1 aromatic rings. The topological polar surface area (TPSA) is 80.7 Å². The summed E-state index contributed by atoms with van der Waals surface area (Å²) in [4.78, 5) is 11.9. The third-order valence-electron chi connectivity index (χ3n) is 3.23. The highest BCUT2D eigenvalue weighted by Crippen LogP contribution is 2.40. The predicted octanol–water partition coefficient (Wildman–Crippen LogP) is 2.75. The van der Waals surface area contributed by atoms with Crippen LogP contribution in [0.1, 0.15) is 17.0 Å². The van der Waals surface area contributed by atoms with E-state index in [2.05, 4.69) is 4.74 Å². The van der Waals surface area contributed by atoms with Crippen molar-refractivity contribution >= 4 is 22.2 Å². The van der Waals surface area contributed by atoms with E-state index in [1.807, 2.05) is 0 Å². The van der Waals surface area contributed by atoms with E-state index in [1.54, 1.807) is 6.07 Å². The first-order valence-electron chi connectivity index (χ1n) is 6.25. The maximum atomic E-state index is 13.4. The van der Waals surface area contributed by atoms with Crippen molar-refractivity contribution in [3.8, 4) is 0 Å². The maximum absolute atomic E-state index is 13.4. The molecule has 0 saturated heterocycles. The fourth-order valence-electron chi connectivity index (χ4n) is 2.11. The molecule has 24 heavy (non-hydrogen) atoms. The van der Waals surface area contributed by atoms with Gasteiger partial charge in [0.1, 0.15) is 5.92 Å². The molecule has 0 fully saturated rings. The van der Waals surface area contributed by atoms with Gasteiger partial charge in [-0.1, -0.05) is 36.4 Å². The fraction of sp³-hybridized carbons (Fsp3) is 0.308. The molecule has 2 atom stereocenters. The summed E-state index contributed by atoms with van der Waals surface area (Å²) in [5.41, 5.74) is 0.697. The van der Waals surface area contributed by atoms with Crippen LogP contribution in [0, 0.1) is 0 Å². The Kier molecular flexibility index (Phi) is 4.44. The molecule has 132 valence electrons. The highest BCUT2D eigenvalue weighted by molar-refractivity contribution is 7.86. The third kappa shape index (κ3) is 3.26. The Hall–Kier alpha value is -2.01. The Morgan fingerprint density at radius 2 is 1.75 bits per heavy atom. The largest absolute Gasteiger partial charge is 0.444 e. The minimum Gasteiger partial charge on any atom is -0.444 e. The van der Waals surface area contributed by atoms with E-state index in [4.69, 9.17) is 4.55 Å². The molecule has 0 radical (unpaired) electrons. The minimum absolute atomic E-state index is 0.221. The molecule has 0 heterocycles. The number of carbonyl (C=O) groups excluding carboxylic acids is 1. The van der Waals surface area contributed by atoms with E-state index >= 15 is 0 Å². The lowest BCUT2D eigenvalue weighted by atomic mass is 10.0. The summed E-state index contributed by atoms with van der Waals surface area (Å²) in [5.74, 6) is -3.12. The number of benzene rings is 1. The lowest BCUT2D eigenvalue weighted by Gasteiger charge is -2.27. The van der Waals surface area contributed by atoms with Crippen LogP contribution in [0.5, 0.6) is 0 Å². The van der Waals surface area contributed by atoms with Gasteiger partial charge >= 0.3 is 27.5 Å². The zero-order valence-corrected chi connectivity index (χ0v) is 12.3. The van der Waals surface area contributed by atoms with E-state index in [-0.39, 0.29) is 5.56 Å². The normalized spacial score (nSPS) is 19.0. The number of carbonyl (C=O) groups is 1. The summed E-state index contributed by atoms with van der Waals surface area (Å²) in [6.45, 7) is 0. The van der Waals surface area contributed by atoms with Gasteiger partial charge in [0.15, 0.2) is 0 Å². The van der Waals surface area contributed by atoms with E-state index in [1.165, 1.54) is 24.3 Å². The Bertz CT molecular complexity index is 784. The van der Waals surface area contributed by atoms with Crippen molar-refractivity contribution in [1.82, 2.24) is 0 Å². The summed E-state index contributed by atoms with van der Waals surface area (Å²) < 4.78 is 98.1. The van der Waals surface area contributed by atoms with E-state index in [9.17, 15) is 35.2 Å². The molecule has 2 unspecified atom stereocenters. The molecule has 0 aromatic heterocycles. The summed E-state index contributed by atoms with van der Waals surface area (Å²) in [6.07, 6.45) is -7.75. The van der Waals surface area contributed by atoms with Gasteiger partial charge in [0.25, 0.3) is 6.10 Å². The van der Waals surface area contributed by atoms with E-state index in [0.29, 0.717) is 5.56 Å². The lowest BCUT2D eigenvalue weighted by molar-refractivity contribution is -0.259. The molecule has 0 aliphatic heterocycles. The van der Waals surface area contributed by atoms with Crippen molar-refractivity contribution in [3.63, 3.8) is 0 Å². The van der Waals surface area contributed by atoms with Crippen LogP contribution >= 0.6 is 0 Å². The number of rotatable bonds is 4. The van der Waals surface area contributed by atoms with Gasteiger partial charge in [-0.15, -0.1) is 0 Å². The molecule has 2 rings (SSSR count). The van der Waals surface area contributed by atoms with Crippen LogP contribution in [0.15, 0.2) is 30.3 Å². The maximum Gasteiger partial charge on any atom is 0.432 e. The van der Waals surface area contributed by atoms with E-state index in [0.717, 1.165) is 6.08 Å². The van der Waals surface area contributed by atoms with Gasteiger partial charge in [-0.05, 0) is 11.1 Å². The molecule has 0 amide bonds. The first-order chi connectivity index (χ1) is 10.9. The zero-order valence-electron chi connectivity index (χ0n) is 11.5. The van der Waals surface area contributed by atoms with Gasteiger partial charge in [0, 0.05) is 0 Å². The minimum atomic E-state index is -6.46. The second-order valence-electron chi connectivity index (χ2n) is 4.86. The Balaban J connectivity index is 2.33. The zero-order chi connectivity index (χ0) is 18.3. The van der Waals surface area contributed by atoms with Crippen LogP contribution in [0.4, 0.5) is 22.0 Å². The number of esters is 1. The van der Waals surface area contributed by atoms with Gasteiger partial charge in [0.2, 0.25) is 0 Å². The Morgan fingerprint density at radius 3 is 2.29 bits per heavy atom. The Morgan fingerprint density at radius 1 is 1.17 bits per heavy atom. The van der Waals surface area contributed by atoms with Gasteiger partial charge in [-0.3, -0.25) is 9.35 Å². The average molecular weight is 372 g/mol. The summed E-state index contributed by atoms with van der Waals surface area (Å²) in [7, 11) is -6.46. The van der Waals surface area contributed by atoms with Crippen LogP contribution in [-0.4, -0.2) is 36.5 Å². The van der Waals surface area contributed by atoms with Crippen molar-refractivity contribution in [2.24, 2.45) is 0 Å². The summed E-state index contributed by atoms with van der Waals surface area (Å²) in [5, 5.41) is -5.75. The molecular weight excluding hydrogens is 363 g/mol. The molecule has 1 N–H and O–H groups in total. The number of halogens is 5. The fourth-order valence-corrected chi connectivity index (χ4v) is 2.56. The molecule has 1 aliphatic rings. The van der Waals surface area contributed by atoms with Gasteiger partial charge < -0.3 is 4.74 Å². The molecule has 0 bridgehead atoms. The first-order valence-corrected chi connectivity index (χ1v) is 7.69. The highest BCUT2D eigenvalue weighted by Gasteiger charge is 2.66. The average Bonchev–Trinajstić information content (AvgIpc) is 2.85. The van der Waals surface area contributed by atoms with Gasteiger partial charge in [0.05, 0.1) is 0 Å². The number of fused-ring (bicyclic) bond motifs is 1. The van der Waals surface area contributed by atoms with Crippen molar-refractivity contribution in [3.05, 3.63) is 41.5 Å². The van der Waals surface area contributed by atoms with Crippen molar-refractivity contribution < 1.29 is 44.5 Å². The molecule has 11 heteroatoms. The quantitative estimate of drug-likeness (QED) is 0.499. The van der Waals surface area contributed by atoms with Crippen molar-refractivity contribution in [2.45, 2.75) is 23.5 Å². The SMILES string of the molecule is O=C(OC(C(F)(F)F)C(F)(F)S(=O)(=O)O)C1C=Cc2ccccc21. The number of ether oxygens (including phenoxy) is 1. The lowest BCUT2D eigenvalue weighted by Crippen LogP contribution is -2.52. The number of hydrogen-bond donors (Lipinski definition) is 1. The molecule has 0 saturated carbocycles. The number of alkyl halides is 5. The standard InChI is InChI=1S/C13H9F5O5S/c14-12(15,16)11(13(17,18)24(20,21)22)23-10(19)9-6-5-7-3-1-2-4-8(7)9/h1-6,9,11H,(H,20,21,22). The van der Waals surface area contributed by atoms with Crippen LogP contribution in [-0.2, 0) is 19.6 Å². The van der Waals surface area contributed by atoms with Crippen LogP contribution in [0.3, 0.4) is 0 Å². The van der Waals surface area contributed by atoms with Crippen LogP contribution < -0.4 is 0 Å². The van der Waals surface area contributed by atoms with Crippen LogP contribution in [0.25, 0.3) is 6.08 Å². The molecular formula is C13H9F5O5S. The Labute approximate surface area is 132 Å². The molecule has 1 aromatic carbocycles. The molecule has 0 spiro atoms. The summed E-state index contributed by atoms with van der Waals surface area (Å²) >= 11 is 0. The van der Waals surface area contributed by atoms with Crippen molar-refractivity contribution in [1.29, 1.82) is 0 Å². The van der Waals surface area contributed by atoms with Crippen molar-refractivity contribution in [2.75, 3.05) is 0 Å². The highest BCUT2D eigenvalue weighted by atomic mass is 32.2. The van der Waals surface area contributed by atoms with Gasteiger partial charge in [-0.25, -0.2) is 0 Å².